The molecule has 2 aromatic carbocycles. The molecule has 0 fully saturated rings. The molecule has 18 heavy (non-hydrogen) atoms. The highest BCUT2D eigenvalue weighted by Gasteiger charge is 2.05. The highest BCUT2D eigenvalue weighted by atomic mass is 14.8. The van der Waals surface area contributed by atoms with E-state index in [1.807, 2.05) is 24.3 Å². The summed E-state index contributed by atoms with van der Waals surface area (Å²) < 4.78 is 0. The van der Waals surface area contributed by atoms with E-state index in [4.69, 9.17) is 10.8 Å². The lowest BCUT2D eigenvalue weighted by Gasteiger charge is -2.00. The summed E-state index contributed by atoms with van der Waals surface area (Å²) in [5, 5.41) is 17.2. The lowest BCUT2D eigenvalue weighted by atomic mass is 10.0. The molecular weight excluding hydrogens is 224 g/mol. The van der Waals surface area contributed by atoms with Crippen LogP contribution in [-0.4, -0.2) is 0 Å². The van der Waals surface area contributed by atoms with Crippen molar-refractivity contribution in [2.75, 3.05) is 0 Å². The van der Waals surface area contributed by atoms with Gasteiger partial charge in [-0.25, -0.2) is 0 Å². The van der Waals surface area contributed by atoms with E-state index in [2.05, 4.69) is 9.95 Å². The lowest BCUT2D eigenvalue weighted by Crippen LogP contribution is -1.90. The average molecular weight is 236 g/mol. The van der Waals surface area contributed by atoms with Gasteiger partial charge in [0.25, 0.3) is 0 Å². The second kappa shape index (κ2) is 5.56. The van der Waals surface area contributed by atoms with Crippen LogP contribution in [0.15, 0.2) is 48.5 Å². The topological polar surface area (TPSA) is 56.3 Å². The van der Waals surface area contributed by atoms with Crippen LogP contribution >= 0.6 is 0 Å². The third kappa shape index (κ3) is 2.90. The molecule has 0 saturated heterocycles. The molecule has 0 bridgehead atoms. The number of benzene rings is 2. The molecule has 86 valence electrons. The van der Waals surface area contributed by atoms with Gasteiger partial charge in [0.15, 0.2) is 9.95 Å². The second-order valence-corrected chi connectivity index (χ2v) is 4.03. The predicted molar refractivity (Wildman–Crippen MR) is 69.8 cm³/mol. The smallest absolute Gasteiger partial charge is 0.0510 e. The Balaban J connectivity index is 1.98. The van der Waals surface area contributed by atoms with Gasteiger partial charge in [0.2, 0.25) is 10.8 Å². The normalized spacial score (nSPS) is 9.44. The van der Waals surface area contributed by atoms with Crippen molar-refractivity contribution in [2.45, 2.75) is 12.8 Å². The van der Waals surface area contributed by atoms with Gasteiger partial charge in [-0.15, -0.1) is 0 Å². The van der Waals surface area contributed by atoms with Crippen molar-refractivity contribution in [3.8, 4) is 0 Å². The van der Waals surface area contributed by atoms with E-state index in [-0.39, 0.29) is 0 Å². The molecule has 4 heteroatoms. The number of rotatable bonds is 3. The van der Waals surface area contributed by atoms with Crippen molar-refractivity contribution in [3.05, 3.63) is 69.6 Å². The Morgan fingerprint density at radius 3 is 1.22 bits per heavy atom. The van der Waals surface area contributed by atoms with Gasteiger partial charge in [0.05, 0.1) is 0 Å². The molecule has 2 aromatic rings. The minimum Gasteiger partial charge on any atom is -0.0510 e. The minimum atomic E-state index is 0.563. The van der Waals surface area contributed by atoms with Crippen LogP contribution in [0.3, 0.4) is 0 Å². The van der Waals surface area contributed by atoms with Crippen molar-refractivity contribution in [1.29, 1.82) is 10.8 Å². The fraction of sp³-hybridized carbons (Fsp3) is 0.143. The number of hydrogen-bond acceptors (Lipinski definition) is 2. The van der Waals surface area contributed by atoms with Crippen LogP contribution in [0, 0.1) is 10.8 Å². The standard InChI is InChI=1S/C14H12N4/c15-17-13-7-3-11(4-8-13)1-2-12-5-9-14(18-16)10-6-12/h3-10H,1-2H2/q+2. The van der Waals surface area contributed by atoms with Gasteiger partial charge in [0.1, 0.15) is 0 Å². The number of hydrogen-bond donors (Lipinski definition) is 0. The number of diazo groups is 2. The first kappa shape index (κ1) is 11.8. The van der Waals surface area contributed by atoms with Crippen LogP contribution in [-0.2, 0) is 12.8 Å². The second-order valence-electron chi connectivity index (χ2n) is 4.03. The summed E-state index contributed by atoms with van der Waals surface area (Å²) in [5.41, 5.74) is 3.51. The fourth-order valence-corrected chi connectivity index (χ4v) is 1.75. The van der Waals surface area contributed by atoms with E-state index < -0.39 is 0 Å². The largest absolute Gasteiger partial charge is 0.385 e. The molecule has 0 saturated carbocycles. The Morgan fingerprint density at radius 1 is 0.611 bits per heavy atom. The van der Waals surface area contributed by atoms with E-state index in [9.17, 15) is 0 Å². The van der Waals surface area contributed by atoms with Crippen molar-refractivity contribution in [2.24, 2.45) is 0 Å². The van der Waals surface area contributed by atoms with E-state index >= 15 is 0 Å². The summed E-state index contributed by atoms with van der Waals surface area (Å²) in [4.78, 5) is 6.23. The Bertz CT molecular complexity index is 543. The Morgan fingerprint density at radius 2 is 0.944 bits per heavy atom. The molecule has 4 nitrogen and oxygen atoms in total. The van der Waals surface area contributed by atoms with Gasteiger partial charge in [-0.05, 0) is 24.0 Å². The van der Waals surface area contributed by atoms with Crippen LogP contribution < -0.4 is 0 Å². The SMILES string of the molecule is N#[N+]c1ccc(CCc2ccc([N+]#N)cc2)cc1. The van der Waals surface area contributed by atoms with Crippen LogP contribution in [0.5, 0.6) is 0 Å². The van der Waals surface area contributed by atoms with Gasteiger partial charge in [-0.3, -0.25) is 0 Å². The summed E-state index contributed by atoms with van der Waals surface area (Å²) >= 11 is 0. The van der Waals surface area contributed by atoms with Gasteiger partial charge >= 0.3 is 11.4 Å². The van der Waals surface area contributed by atoms with Crippen molar-refractivity contribution in [1.82, 2.24) is 0 Å². The van der Waals surface area contributed by atoms with Crippen LogP contribution in [0.1, 0.15) is 11.1 Å². The Labute approximate surface area is 105 Å². The first-order chi connectivity index (χ1) is 8.81. The molecule has 0 spiro atoms. The summed E-state index contributed by atoms with van der Waals surface area (Å²) in [6.45, 7) is 0. The molecule has 0 aromatic heterocycles. The summed E-state index contributed by atoms with van der Waals surface area (Å²) in [7, 11) is 0. The van der Waals surface area contributed by atoms with Crippen molar-refractivity contribution >= 4 is 11.4 Å². The zero-order valence-electron chi connectivity index (χ0n) is 9.82. The highest BCUT2D eigenvalue weighted by molar-refractivity contribution is 5.46. The third-order valence-electron chi connectivity index (χ3n) is 2.81. The predicted octanol–water partition coefficient (Wildman–Crippen LogP) is 4.44. The zero-order valence-corrected chi connectivity index (χ0v) is 9.82. The quantitative estimate of drug-likeness (QED) is 0.739. The molecule has 0 N–H and O–H groups in total. The maximum Gasteiger partial charge on any atom is 0.385 e. The summed E-state index contributed by atoms with van der Waals surface area (Å²) in [6, 6.07) is 14.9. The molecule has 0 aliphatic rings. The summed E-state index contributed by atoms with van der Waals surface area (Å²) in [6.07, 6.45) is 1.84. The number of nitrogens with zero attached hydrogens (tertiary/aromatic N) is 4. The first-order valence-electron chi connectivity index (χ1n) is 5.70. The minimum absolute atomic E-state index is 0.563. The first-order valence-corrected chi connectivity index (χ1v) is 5.70. The molecule has 0 heterocycles. The average Bonchev–Trinajstić information content (AvgIpc) is 2.46. The highest BCUT2D eigenvalue weighted by Crippen LogP contribution is 2.16. The molecule has 0 aliphatic carbocycles. The molecule has 2 rings (SSSR count). The van der Waals surface area contributed by atoms with E-state index in [0.29, 0.717) is 11.4 Å². The van der Waals surface area contributed by atoms with Crippen LogP contribution in [0.4, 0.5) is 11.4 Å². The lowest BCUT2D eigenvalue weighted by molar-refractivity contribution is 0.961. The van der Waals surface area contributed by atoms with Gasteiger partial charge in [0, 0.05) is 24.3 Å². The van der Waals surface area contributed by atoms with Crippen LogP contribution in [0.2, 0.25) is 0 Å². The monoisotopic (exact) mass is 236 g/mol. The maximum absolute atomic E-state index is 8.58. The Kier molecular flexibility index (Phi) is 3.63. The summed E-state index contributed by atoms with van der Waals surface area (Å²) in [5.74, 6) is 0. The third-order valence-corrected chi connectivity index (χ3v) is 2.81. The Hall–Kier alpha value is -2.72. The van der Waals surface area contributed by atoms with E-state index in [1.54, 1.807) is 24.3 Å². The maximum atomic E-state index is 8.58. The van der Waals surface area contributed by atoms with E-state index in [1.165, 1.54) is 11.1 Å². The fourth-order valence-electron chi connectivity index (χ4n) is 1.75. The van der Waals surface area contributed by atoms with Gasteiger partial charge in [-0.2, -0.15) is 0 Å². The van der Waals surface area contributed by atoms with Crippen LogP contribution in [0.25, 0.3) is 9.95 Å². The van der Waals surface area contributed by atoms with Gasteiger partial charge in [-0.1, -0.05) is 24.3 Å². The molecular formula is C14H12N4+2. The van der Waals surface area contributed by atoms with E-state index in [0.717, 1.165) is 12.8 Å². The molecule has 0 amide bonds. The van der Waals surface area contributed by atoms with Gasteiger partial charge < -0.3 is 0 Å². The number of aryl methyl sites for hydroxylation is 2. The molecule has 0 atom stereocenters. The zero-order chi connectivity index (χ0) is 12.8. The molecule has 0 unspecified atom stereocenters. The molecule has 0 radical (unpaired) electrons. The van der Waals surface area contributed by atoms with Crippen molar-refractivity contribution in [3.63, 3.8) is 0 Å². The van der Waals surface area contributed by atoms with Crippen molar-refractivity contribution < 1.29 is 0 Å². The molecule has 0 aliphatic heterocycles.